The minimum Gasteiger partial charge on any atom is -0.315 e. The Morgan fingerprint density at radius 2 is 2.15 bits per heavy atom. The Kier molecular flexibility index (Phi) is 1.78. The number of nitrogens with zero attached hydrogens (tertiary/aromatic N) is 1. The number of amides is 3. The Bertz CT molecular complexity index is 258. The fourth-order valence-corrected chi connectivity index (χ4v) is 1.82. The van der Waals surface area contributed by atoms with Gasteiger partial charge < -0.3 is 4.90 Å². The Labute approximate surface area is 77.3 Å². The molecule has 0 aromatic rings. The van der Waals surface area contributed by atoms with Gasteiger partial charge in [-0.2, -0.15) is 0 Å². The predicted molar refractivity (Wildman–Crippen MR) is 47.1 cm³/mol. The number of carbonyl (C=O) groups is 2. The molecule has 0 aromatic heterocycles. The Balaban J connectivity index is 1.95. The zero-order valence-electron chi connectivity index (χ0n) is 7.80. The molecular weight excluding hydrogens is 168 g/mol. The van der Waals surface area contributed by atoms with Crippen LogP contribution in [0, 0.1) is 5.41 Å². The first-order valence-corrected chi connectivity index (χ1v) is 4.74. The van der Waals surface area contributed by atoms with Crippen LogP contribution in [0.5, 0.6) is 0 Å². The normalized spacial score (nSPS) is 24.8. The van der Waals surface area contributed by atoms with E-state index in [-0.39, 0.29) is 18.5 Å². The third kappa shape index (κ3) is 1.53. The molecule has 1 saturated carbocycles. The van der Waals surface area contributed by atoms with Gasteiger partial charge in [0.05, 0.1) is 0 Å². The number of nitrogens with one attached hydrogen (secondary N) is 1. The highest BCUT2D eigenvalue weighted by Crippen LogP contribution is 2.49. The van der Waals surface area contributed by atoms with Crippen LogP contribution < -0.4 is 5.32 Å². The molecule has 0 spiro atoms. The van der Waals surface area contributed by atoms with Crippen molar-refractivity contribution in [3.63, 3.8) is 0 Å². The highest BCUT2D eigenvalue weighted by Gasteiger charge is 2.44. The average Bonchev–Trinajstić information content (AvgIpc) is 2.77. The van der Waals surface area contributed by atoms with E-state index in [1.807, 2.05) is 0 Å². The van der Waals surface area contributed by atoms with Crippen molar-refractivity contribution in [1.29, 1.82) is 0 Å². The molecule has 0 unspecified atom stereocenters. The lowest BCUT2D eigenvalue weighted by atomic mass is 10.0. The second-order valence-electron chi connectivity index (χ2n) is 4.06. The van der Waals surface area contributed by atoms with E-state index in [0.717, 1.165) is 13.0 Å². The van der Waals surface area contributed by atoms with Crippen LogP contribution in [0.15, 0.2) is 0 Å². The van der Waals surface area contributed by atoms with Crippen LogP contribution in [-0.4, -0.2) is 29.9 Å². The maximum atomic E-state index is 11.2. The lowest BCUT2D eigenvalue weighted by Crippen LogP contribution is -2.33. The number of carbonyl (C=O) groups excluding carboxylic acids is 2. The molecule has 0 radical (unpaired) electrons. The van der Waals surface area contributed by atoms with E-state index in [1.54, 1.807) is 4.90 Å². The molecule has 1 saturated heterocycles. The maximum Gasteiger partial charge on any atom is 0.324 e. The minimum atomic E-state index is -0.218. The second-order valence-corrected chi connectivity index (χ2v) is 4.06. The van der Waals surface area contributed by atoms with E-state index >= 15 is 0 Å². The van der Waals surface area contributed by atoms with Crippen LogP contribution >= 0.6 is 0 Å². The van der Waals surface area contributed by atoms with Gasteiger partial charge in [-0.05, 0) is 24.7 Å². The number of imide groups is 1. The molecule has 72 valence electrons. The maximum absolute atomic E-state index is 11.2. The van der Waals surface area contributed by atoms with E-state index < -0.39 is 0 Å². The van der Waals surface area contributed by atoms with Gasteiger partial charge in [-0.25, -0.2) is 4.79 Å². The zero-order valence-corrected chi connectivity index (χ0v) is 7.80. The summed E-state index contributed by atoms with van der Waals surface area (Å²) in [6.07, 6.45) is 3.49. The molecule has 0 aromatic carbocycles. The van der Waals surface area contributed by atoms with Crippen LogP contribution in [0.4, 0.5) is 4.79 Å². The standard InChI is InChI=1S/C9H14N2O2/c1-2-9(3-4-9)6-11-5-7(12)10-8(11)13/h2-6H2,1H3,(H,10,12,13). The van der Waals surface area contributed by atoms with Crippen molar-refractivity contribution in [2.45, 2.75) is 26.2 Å². The third-order valence-electron chi connectivity index (χ3n) is 3.10. The van der Waals surface area contributed by atoms with Gasteiger partial charge in [0.1, 0.15) is 6.54 Å². The fourth-order valence-electron chi connectivity index (χ4n) is 1.82. The molecule has 4 heteroatoms. The number of hydrogen-bond acceptors (Lipinski definition) is 2. The van der Waals surface area contributed by atoms with Crippen LogP contribution in [0.3, 0.4) is 0 Å². The molecule has 1 N–H and O–H groups in total. The third-order valence-corrected chi connectivity index (χ3v) is 3.10. The molecule has 1 aliphatic carbocycles. The van der Waals surface area contributed by atoms with Crippen molar-refractivity contribution in [2.24, 2.45) is 5.41 Å². The molecule has 13 heavy (non-hydrogen) atoms. The van der Waals surface area contributed by atoms with Gasteiger partial charge >= 0.3 is 6.03 Å². The van der Waals surface area contributed by atoms with E-state index in [0.29, 0.717) is 5.41 Å². The first-order chi connectivity index (χ1) is 6.15. The fraction of sp³-hybridized carbons (Fsp3) is 0.778. The molecule has 2 rings (SSSR count). The Hall–Kier alpha value is -1.06. The van der Waals surface area contributed by atoms with E-state index in [4.69, 9.17) is 0 Å². The van der Waals surface area contributed by atoms with Crippen molar-refractivity contribution in [1.82, 2.24) is 10.2 Å². The van der Waals surface area contributed by atoms with Crippen molar-refractivity contribution in [2.75, 3.05) is 13.1 Å². The van der Waals surface area contributed by atoms with Crippen LogP contribution in [0.25, 0.3) is 0 Å². The topological polar surface area (TPSA) is 49.4 Å². The average molecular weight is 182 g/mol. The summed E-state index contributed by atoms with van der Waals surface area (Å²) in [5, 5.41) is 2.29. The zero-order chi connectivity index (χ0) is 9.47. The van der Waals surface area contributed by atoms with Gasteiger partial charge in [-0.3, -0.25) is 10.1 Å². The van der Waals surface area contributed by atoms with Gasteiger partial charge in [-0.15, -0.1) is 0 Å². The van der Waals surface area contributed by atoms with E-state index in [2.05, 4.69) is 12.2 Å². The van der Waals surface area contributed by atoms with Crippen molar-refractivity contribution >= 4 is 11.9 Å². The molecule has 1 aliphatic heterocycles. The molecule has 2 fully saturated rings. The summed E-state index contributed by atoms with van der Waals surface area (Å²) < 4.78 is 0. The highest BCUT2D eigenvalue weighted by molar-refractivity contribution is 6.01. The summed E-state index contributed by atoms with van der Waals surface area (Å²) in [6.45, 7) is 3.14. The quantitative estimate of drug-likeness (QED) is 0.654. The molecule has 2 aliphatic rings. The molecular formula is C9H14N2O2. The summed E-state index contributed by atoms with van der Waals surface area (Å²) in [5.41, 5.74) is 0.335. The van der Waals surface area contributed by atoms with Gasteiger partial charge in [-0.1, -0.05) is 6.92 Å². The monoisotopic (exact) mass is 182 g/mol. The second kappa shape index (κ2) is 2.72. The molecule has 0 bridgehead atoms. The van der Waals surface area contributed by atoms with E-state index in [9.17, 15) is 9.59 Å². The first-order valence-electron chi connectivity index (χ1n) is 4.74. The SMILES string of the molecule is CCC1(CN2CC(=O)NC2=O)CC1. The predicted octanol–water partition coefficient (Wildman–Crippen LogP) is 0.728. The first kappa shape index (κ1) is 8.53. The van der Waals surface area contributed by atoms with Crippen molar-refractivity contribution in [3.8, 4) is 0 Å². The number of hydrogen-bond donors (Lipinski definition) is 1. The van der Waals surface area contributed by atoms with Crippen molar-refractivity contribution in [3.05, 3.63) is 0 Å². The molecule has 1 heterocycles. The van der Waals surface area contributed by atoms with Crippen LogP contribution in [0.1, 0.15) is 26.2 Å². The lowest BCUT2D eigenvalue weighted by molar-refractivity contribution is -0.118. The molecule has 3 amide bonds. The van der Waals surface area contributed by atoms with Crippen LogP contribution in [-0.2, 0) is 4.79 Å². The summed E-state index contributed by atoms with van der Waals surface area (Å²) >= 11 is 0. The number of urea groups is 1. The Morgan fingerprint density at radius 3 is 2.54 bits per heavy atom. The van der Waals surface area contributed by atoms with Crippen molar-refractivity contribution < 1.29 is 9.59 Å². The summed E-state index contributed by atoms with van der Waals surface area (Å²) in [5.74, 6) is -0.170. The highest BCUT2D eigenvalue weighted by atomic mass is 16.2. The van der Waals surface area contributed by atoms with Gasteiger partial charge in [0, 0.05) is 6.54 Å². The van der Waals surface area contributed by atoms with E-state index in [1.165, 1.54) is 12.8 Å². The number of rotatable bonds is 3. The lowest BCUT2D eigenvalue weighted by Gasteiger charge is -2.19. The molecule has 0 atom stereocenters. The van der Waals surface area contributed by atoms with Gasteiger partial charge in [0.15, 0.2) is 0 Å². The summed E-state index contributed by atoms with van der Waals surface area (Å²) in [7, 11) is 0. The smallest absolute Gasteiger partial charge is 0.315 e. The van der Waals surface area contributed by atoms with Gasteiger partial charge in [0.2, 0.25) is 5.91 Å². The summed E-state index contributed by atoms with van der Waals surface area (Å²) in [4.78, 5) is 23.7. The minimum absolute atomic E-state index is 0.170. The summed E-state index contributed by atoms with van der Waals surface area (Å²) in [6, 6.07) is -0.218. The largest absolute Gasteiger partial charge is 0.324 e. The Morgan fingerprint density at radius 1 is 1.46 bits per heavy atom. The van der Waals surface area contributed by atoms with Crippen LogP contribution in [0.2, 0.25) is 0 Å². The molecule has 4 nitrogen and oxygen atoms in total. The van der Waals surface area contributed by atoms with Gasteiger partial charge in [0.25, 0.3) is 0 Å².